The molecule has 1 atom stereocenters. The van der Waals surface area contributed by atoms with E-state index in [4.69, 9.17) is 0 Å². The van der Waals surface area contributed by atoms with Crippen molar-refractivity contribution in [1.29, 1.82) is 0 Å². The predicted molar refractivity (Wildman–Crippen MR) is 53.7 cm³/mol. The van der Waals surface area contributed by atoms with Crippen LogP contribution in [0.3, 0.4) is 0 Å². The Labute approximate surface area is 79.4 Å². The van der Waals surface area contributed by atoms with E-state index in [1.54, 1.807) is 0 Å². The molecule has 0 radical (unpaired) electrons. The van der Waals surface area contributed by atoms with Crippen molar-refractivity contribution < 1.29 is 5.11 Å². The number of aliphatic hydroxyl groups excluding tert-OH is 1. The number of hydrogen-bond acceptors (Lipinski definition) is 1. The van der Waals surface area contributed by atoms with E-state index in [1.165, 1.54) is 12.0 Å². The first-order chi connectivity index (χ1) is 6.26. The van der Waals surface area contributed by atoms with Crippen molar-refractivity contribution in [2.24, 2.45) is 0 Å². The SMILES string of the molecule is CC(O)C1(c2ccccc2)CCC1. The second-order valence-corrected chi connectivity index (χ2v) is 4.05. The van der Waals surface area contributed by atoms with Gasteiger partial charge in [-0.05, 0) is 25.3 Å². The summed E-state index contributed by atoms with van der Waals surface area (Å²) in [6, 6.07) is 10.4. The van der Waals surface area contributed by atoms with Gasteiger partial charge in [0.25, 0.3) is 0 Å². The maximum atomic E-state index is 9.78. The average molecular weight is 176 g/mol. The zero-order valence-electron chi connectivity index (χ0n) is 8.03. The maximum Gasteiger partial charge on any atom is 0.0608 e. The molecule has 1 unspecified atom stereocenters. The first-order valence-electron chi connectivity index (χ1n) is 4.99. The van der Waals surface area contributed by atoms with Crippen molar-refractivity contribution in [3.05, 3.63) is 35.9 Å². The molecule has 0 saturated heterocycles. The molecule has 0 bridgehead atoms. The third kappa shape index (κ3) is 1.28. The quantitative estimate of drug-likeness (QED) is 0.734. The lowest BCUT2D eigenvalue weighted by Gasteiger charge is -2.45. The molecule has 0 aliphatic heterocycles. The van der Waals surface area contributed by atoms with Crippen molar-refractivity contribution in [3.8, 4) is 0 Å². The Morgan fingerprint density at radius 2 is 1.85 bits per heavy atom. The number of aliphatic hydroxyl groups is 1. The largest absolute Gasteiger partial charge is 0.392 e. The molecule has 1 saturated carbocycles. The number of rotatable bonds is 2. The van der Waals surface area contributed by atoms with E-state index in [-0.39, 0.29) is 11.5 Å². The summed E-state index contributed by atoms with van der Waals surface area (Å²) in [6.07, 6.45) is 3.30. The van der Waals surface area contributed by atoms with Crippen molar-refractivity contribution >= 4 is 0 Å². The van der Waals surface area contributed by atoms with E-state index in [9.17, 15) is 5.11 Å². The van der Waals surface area contributed by atoms with E-state index < -0.39 is 0 Å². The predicted octanol–water partition coefficient (Wildman–Crippen LogP) is 2.49. The summed E-state index contributed by atoms with van der Waals surface area (Å²) in [4.78, 5) is 0. The Morgan fingerprint density at radius 3 is 2.23 bits per heavy atom. The van der Waals surface area contributed by atoms with Crippen molar-refractivity contribution in [2.45, 2.75) is 37.7 Å². The van der Waals surface area contributed by atoms with Gasteiger partial charge in [0, 0.05) is 5.41 Å². The van der Waals surface area contributed by atoms with Crippen LogP contribution in [0.1, 0.15) is 31.7 Å². The molecule has 1 heteroatoms. The van der Waals surface area contributed by atoms with Gasteiger partial charge in [0.15, 0.2) is 0 Å². The molecule has 13 heavy (non-hydrogen) atoms. The fourth-order valence-corrected chi connectivity index (χ4v) is 2.28. The van der Waals surface area contributed by atoms with Crippen molar-refractivity contribution in [1.82, 2.24) is 0 Å². The van der Waals surface area contributed by atoms with Gasteiger partial charge in [-0.25, -0.2) is 0 Å². The van der Waals surface area contributed by atoms with E-state index in [0.29, 0.717) is 0 Å². The second-order valence-electron chi connectivity index (χ2n) is 4.05. The Bertz CT molecular complexity index is 272. The lowest BCUT2D eigenvalue weighted by Crippen LogP contribution is -2.43. The topological polar surface area (TPSA) is 20.2 Å². The first kappa shape index (κ1) is 8.76. The van der Waals surface area contributed by atoms with Gasteiger partial charge in [-0.2, -0.15) is 0 Å². The van der Waals surface area contributed by atoms with Gasteiger partial charge >= 0.3 is 0 Å². The van der Waals surface area contributed by atoms with Gasteiger partial charge in [-0.3, -0.25) is 0 Å². The van der Waals surface area contributed by atoms with Gasteiger partial charge < -0.3 is 5.11 Å². The minimum Gasteiger partial charge on any atom is -0.392 e. The van der Waals surface area contributed by atoms with E-state index >= 15 is 0 Å². The van der Waals surface area contributed by atoms with Gasteiger partial charge in [0.05, 0.1) is 6.10 Å². The lowest BCUT2D eigenvalue weighted by atomic mass is 9.61. The molecule has 1 nitrogen and oxygen atoms in total. The minimum absolute atomic E-state index is 0.0707. The summed E-state index contributed by atoms with van der Waals surface area (Å²) in [7, 11) is 0. The molecule has 1 aromatic carbocycles. The third-order valence-electron chi connectivity index (χ3n) is 3.39. The molecule has 2 rings (SSSR count). The number of hydrogen-bond donors (Lipinski definition) is 1. The summed E-state index contributed by atoms with van der Waals surface area (Å²) >= 11 is 0. The van der Waals surface area contributed by atoms with Crippen LogP contribution in [-0.2, 0) is 5.41 Å². The Hall–Kier alpha value is -0.820. The molecular weight excluding hydrogens is 160 g/mol. The Balaban J connectivity index is 2.32. The Kier molecular flexibility index (Phi) is 2.12. The van der Waals surface area contributed by atoms with Crippen LogP contribution < -0.4 is 0 Å². The van der Waals surface area contributed by atoms with E-state index in [1.807, 2.05) is 13.0 Å². The van der Waals surface area contributed by atoms with Crippen LogP contribution in [0.15, 0.2) is 30.3 Å². The normalized spacial score (nSPS) is 22.0. The number of benzene rings is 1. The fraction of sp³-hybridized carbons (Fsp3) is 0.500. The Morgan fingerprint density at radius 1 is 1.23 bits per heavy atom. The zero-order valence-corrected chi connectivity index (χ0v) is 8.03. The highest BCUT2D eigenvalue weighted by molar-refractivity contribution is 5.29. The van der Waals surface area contributed by atoms with E-state index in [2.05, 4.69) is 24.3 Å². The van der Waals surface area contributed by atoms with Crippen LogP contribution >= 0.6 is 0 Å². The van der Waals surface area contributed by atoms with Crippen molar-refractivity contribution in [3.63, 3.8) is 0 Å². The molecule has 70 valence electrons. The molecule has 1 aliphatic rings. The molecule has 0 amide bonds. The van der Waals surface area contributed by atoms with Gasteiger partial charge in [-0.15, -0.1) is 0 Å². The molecule has 1 fully saturated rings. The van der Waals surface area contributed by atoms with Crippen LogP contribution in [0.25, 0.3) is 0 Å². The van der Waals surface area contributed by atoms with Gasteiger partial charge in [0.1, 0.15) is 0 Å². The summed E-state index contributed by atoms with van der Waals surface area (Å²) in [5.41, 5.74) is 1.37. The zero-order chi connectivity index (χ0) is 9.31. The molecule has 1 aliphatic carbocycles. The maximum absolute atomic E-state index is 9.78. The first-order valence-corrected chi connectivity index (χ1v) is 4.99. The average Bonchev–Trinajstić information content (AvgIpc) is 2.03. The second kappa shape index (κ2) is 3.15. The molecular formula is C12H16O. The monoisotopic (exact) mass is 176 g/mol. The molecule has 0 aromatic heterocycles. The highest BCUT2D eigenvalue weighted by Crippen LogP contribution is 2.46. The molecule has 0 spiro atoms. The van der Waals surface area contributed by atoms with Crippen LogP contribution in [0.5, 0.6) is 0 Å². The molecule has 1 N–H and O–H groups in total. The smallest absolute Gasteiger partial charge is 0.0608 e. The van der Waals surface area contributed by atoms with Crippen molar-refractivity contribution in [2.75, 3.05) is 0 Å². The highest BCUT2D eigenvalue weighted by Gasteiger charge is 2.42. The standard InChI is InChI=1S/C12H16O/c1-10(13)12(8-5-9-12)11-6-3-2-4-7-11/h2-4,6-7,10,13H,5,8-9H2,1H3. The lowest BCUT2D eigenvalue weighted by molar-refractivity contribution is 0.0420. The molecule has 0 heterocycles. The third-order valence-corrected chi connectivity index (χ3v) is 3.39. The molecule has 1 aromatic rings. The summed E-state index contributed by atoms with van der Waals surface area (Å²) in [6.45, 7) is 1.91. The highest BCUT2D eigenvalue weighted by atomic mass is 16.3. The van der Waals surface area contributed by atoms with Crippen LogP contribution in [-0.4, -0.2) is 11.2 Å². The van der Waals surface area contributed by atoms with Crippen LogP contribution in [0.2, 0.25) is 0 Å². The van der Waals surface area contributed by atoms with Gasteiger partial charge in [0.2, 0.25) is 0 Å². The summed E-state index contributed by atoms with van der Waals surface area (Å²) in [5, 5.41) is 9.78. The fourth-order valence-electron chi connectivity index (χ4n) is 2.28. The summed E-state index contributed by atoms with van der Waals surface area (Å²) in [5.74, 6) is 0. The van der Waals surface area contributed by atoms with Crippen LogP contribution in [0.4, 0.5) is 0 Å². The van der Waals surface area contributed by atoms with Crippen LogP contribution in [0, 0.1) is 0 Å². The van der Waals surface area contributed by atoms with E-state index in [0.717, 1.165) is 12.8 Å². The van der Waals surface area contributed by atoms with Gasteiger partial charge in [-0.1, -0.05) is 36.8 Å². The summed E-state index contributed by atoms with van der Waals surface area (Å²) < 4.78 is 0. The minimum atomic E-state index is -0.219.